The minimum atomic E-state index is -3.41. The van der Waals surface area contributed by atoms with Gasteiger partial charge in [-0.25, -0.2) is 17.8 Å². The van der Waals surface area contributed by atoms with Crippen molar-refractivity contribution in [3.8, 4) is 17.2 Å². The van der Waals surface area contributed by atoms with E-state index >= 15 is 0 Å². The molecule has 0 bridgehead atoms. The summed E-state index contributed by atoms with van der Waals surface area (Å²) in [5.41, 5.74) is 1.68. The number of nitrogens with one attached hydrogen (secondary N) is 2. The zero-order chi connectivity index (χ0) is 25.7. The number of methoxy groups -OCH3 is 3. The first-order chi connectivity index (χ1) is 17.3. The number of sulfone groups is 1. The minimum absolute atomic E-state index is 0.0566. The highest BCUT2D eigenvalue weighted by molar-refractivity contribution is 7.92. The molecule has 36 heavy (non-hydrogen) atoms. The number of nitrogens with zero attached hydrogens (tertiary/aromatic N) is 2. The molecule has 4 aromatic rings. The number of rotatable bonds is 10. The van der Waals surface area contributed by atoms with Crippen molar-refractivity contribution < 1.29 is 27.0 Å². The highest BCUT2D eigenvalue weighted by Gasteiger charge is 2.17. The lowest BCUT2D eigenvalue weighted by atomic mass is 10.2. The van der Waals surface area contributed by atoms with Gasteiger partial charge in [0.15, 0.2) is 33.0 Å². The van der Waals surface area contributed by atoms with Crippen molar-refractivity contribution >= 4 is 44.3 Å². The molecule has 0 saturated carbocycles. The van der Waals surface area contributed by atoms with Gasteiger partial charge in [0, 0.05) is 23.5 Å². The van der Waals surface area contributed by atoms with Crippen LogP contribution in [0.2, 0.25) is 0 Å². The van der Waals surface area contributed by atoms with Crippen LogP contribution in [0.3, 0.4) is 0 Å². The molecule has 188 valence electrons. The topological polar surface area (TPSA) is 112 Å². The molecule has 0 aliphatic heterocycles. The average molecular weight is 531 g/mol. The van der Waals surface area contributed by atoms with E-state index in [1.165, 1.54) is 32.7 Å². The number of thiophene rings is 1. The van der Waals surface area contributed by atoms with E-state index in [2.05, 4.69) is 20.6 Å². The molecule has 0 saturated heterocycles. The Morgan fingerprint density at radius 1 is 0.944 bits per heavy atom. The number of halogens is 1. The summed E-state index contributed by atoms with van der Waals surface area (Å²) in [6.45, 7) is 0. The SMILES string of the molecule is COc1cc(Nc2ncc(F)c(Nc3ccc(CS(=O)(=O)c4cccs4)cc3)n2)cc(OC)c1OC. The molecule has 0 aliphatic rings. The number of benzene rings is 2. The summed E-state index contributed by atoms with van der Waals surface area (Å²) < 4.78 is 55.7. The van der Waals surface area contributed by atoms with Crippen molar-refractivity contribution in [2.24, 2.45) is 0 Å². The Kier molecular flexibility index (Phi) is 7.55. The highest BCUT2D eigenvalue weighted by Crippen LogP contribution is 2.40. The summed E-state index contributed by atoms with van der Waals surface area (Å²) in [5, 5.41) is 7.62. The molecule has 0 amide bonds. The van der Waals surface area contributed by atoms with E-state index in [9.17, 15) is 12.8 Å². The lowest BCUT2D eigenvalue weighted by molar-refractivity contribution is 0.324. The Morgan fingerprint density at radius 3 is 2.22 bits per heavy atom. The number of anilines is 4. The van der Waals surface area contributed by atoms with Crippen molar-refractivity contribution in [1.29, 1.82) is 0 Å². The largest absolute Gasteiger partial charge is 0.493 e. The predicted molar refractivity (Wildman–Crippen MR) is 136 cm³/mol. The fourth-order valence-electron chi connectivity index (χ4n) is 3.35. The van der Waals surface area contributed by atoms with Gasteiger partial charge in [-0.15, -0.1) is 11.3 Å². The molecule has 12 heteroatoms. The quantitative estimate of drug-likeness (QED) is 0.287. The molecule has 2 N–H and O–H groups in total. The molecule has 0 aliphatic carbocycles. The molecule has 2 aromatic heterocycles. The van der Waals surface area contributed by atoms with Crippen LogP contribution in [-0.2, 0) is 15.6 Å². The van der Waals surface area contributed by atoms with E-state index in [0.717, 1.165) is 6.20 Å². The van der Waals surface area contributed by atoms with Gasteiger partial charge in [-0.2, -0.15) is 4.98 Å². The molecule has 2 aromatic carbocycles. The summed E-state index contributed by atoms with van der Waals surface area (Å²) in [5.74, 6) is 0.584. The van der Waals surface area contributed by atoms with Crippen LogP contribution in [-0.4, -0.2) is 39.7 Å². The van der Waals surface area contributed by atoms with Gasteiger partial charge < -0.3 is 24.8 Å². The molecular formula is C24H23FN4O5S2. The summed E-state index contributed by atoms with van der Waals surface area (Å²) in [4.78, 5) is 8.21. The second kappa shape index (κ2) is 10.8. The molecule has 4 rings (SSSR count). The van der Waals surface area contributed by atoms with Gasteiger partial charge in [0.2, 0.25) is 11.7 Å². The fourth-order valence-corrected chi connectivity index (χ4v) is 5.79. The van der Waals surface area contributed by atoms with Gasteiger partial charge in [0.25, 0.3) is 0 Å². The van der Waals surface area contributed by atoms with E-state index < -0.39 is 15.7 Å². The van der Waals surface area contributed by atoms with Gasteiger partial charge in [-0.3, -0.25) is 0 Å². The van der Waals surface area contributed by atoms with Crippen LogP contribution in [0.4, 0.5) is 27.5 Å². The smallest absolute Gasteiger partial charge is 0.229 e. The maximum atomic E-state index is 14.4. The Morgan fingerprint density at radius 2 is 1.64 bits per heavy atom. The third-order valence-corrected chi connectivity index (χ3v) is 8.21. The van der Waals surface area contributed by atoms with Crippen LogP contribution < -0.4 is 24.8 Å². The minimum Gasteiger partial charge on any atom is -0.493 e. The van der Waals surface area contributed by atoms with Crippen molar-refractivity contribution in [3.05, 3.63) is 71.5 Å². The number of ether oxygens (including phenoxy) is 3. The molecule has 9 nitrogen and oxygen atoms in total. The number of aromatic nitrogens is 2. The van der Waals surface area contributed by atoms with Crippen LogP contribution in [0, 0.1) is 5.82 Å². The van der Waals surface area contributed by atoms with Gasteiger partial charge in [-0.1, -0.05) is 18.2 Å². The van der Waals surface area contributed by atoms with Crippen molar-refractivity contribution in [2.45, 2.75) is 9.96 Å². The van der Waals surface area contributed by atoms with Crippen LogP contribution in [0.15, 0.2) is 64.3 Å². The zero-order valence-corrected chi connectivity index (χ0v) is 21.2. The predicted octanol–water partition coefficient (Wildman–Crippen LogP) is 5.16. The van der Waals surface area contributed by atoms with Crippen molar-refractivity contribution in [2.75, 3.05) is 32.0 Å². The zero-order valence-electron chi connectivity index (χ0n) is 19.6. The second-order valence-electron chi connectivity index (χ2n) is 7.44. The standard InChI is InChI=1S/C24H23FN4O5S2/c1-32-19-11-17(12-20(33-2)22(19)34-3)28-24-26-13-18(25)23(29-24)27-16-8-6-15(7-9-16)14-36(30,31)21-5-4-10-35-21/h4-13H,14H2,1-3H3,(H2,26,27,28,29). The van der Waals surface area contributed by atoms with E-state index in [4.69, 9.17) is 14.2 Å². The summed E-state index contributed by atoms with van der Waals surface area (Å²) >= 11 is 1.18. The molecule has 0 fully saturated rings. The van der Waals surface area contributed by atoms with Crippen molar-refractivity contribution in [1.82, 2.24) is 9.97 Å². The van der Waals surface area contributed by atoms with E-state index in [-0.39, 0.29) is 17.5 Å². The Labute approximate surface area is 211 Å². The van der Waals surface area contributed by atoms with E-state index in [1.54, 1.807) is 53.9 Å². The summed E-state index contributed by atoms with van der Waals surface area (Å²) in [7, 11) is 1.09. The van der Waals surface area contributed by atoms with E-state index in [1.807, 2.05) is 0 Å². The first kappa shape index (κ1) is 25.2. The van der Waals surface area contributed by atoms with Crippen LogP contribution in [0.1, 0.15) is 5.56 Å². The van der Waals surface area contributed by atoms with Gasteiger partial charge in [-0.05, 0) is 29.1 Å². The molecule has 0 spiro atoms. The second-order valence-corrected chi connectivity index (χ2v) is 10.6. The van der Waals surface area contributed by atoms with Gasteiger partial charge in [0.05, 0.1) is 33.3 Å². The lowest BCUT2D eigenvalue weighted by Crippen LogP contribution is -2.05. The third kappa shape index (κ3) is 5.66. The third-order valence-electron chi connectivity index (χ3n) is 5.04. The van der Waals surface area contributed by atoms with Gasteiger partial charge in [0.1, 0.15) is 4.21 Å². The van der Waals surface area contributed by atoms with Crippen molar-refractivity contribution in [3.63, 3.8) is 0 Å². The molecule has 0 unspecified atom stereocenters. The molecule has 2 heterocycles. The highest BCUT2D eigenvalue weighted by atomic mass is 32.2. The first-order valence-electron chi connectivity index (χ1n) is 10.5. The Bertz CT molecular complexity index is 1420. The lowest BCUT2D eigenvalue weighted by Gasteiger charge is -2.15. The number of hydrogen-bond donors (Lipinski definition) is 2. The van der Waals surface area contributed by atoms with Crippen LogP contribution in [0.25, 0.3) is 0 Å². The Balaban J connectivity index is 1.50. The maximum absolute atomic E-state index is 14.4. The fraction of sp³-hybridized carbons (Fsp3) is 0.167. The summed E-state index contributed by atoms with van der Waals surface area (Å²) in [6.07, 6.45) is 1.04. The normalized spacial score (nSPS) is 11.1. The average Bonchev–Trinajstić information content (AvgIpc) is 3.43. The van der Waals surface area contributed by atoms with Crippen LogP contribution in [0.5, 0.6) is 17.2 Å². The summed E-state index contributed by atoms with van der Waals surface area (Å²) in [6, 6.07) is 13.3. The number of hydrogen-bond acceptors (Lipinski definition) is 10. The maximum Gasteiger partial charge on any atom is 0.229 e. The van der Waals surface area contributed by atoms with Crippen LogP contribution >= 0.6 is 11.3 Å². The van der Waals surface area contributed by atoms with E-state index in [0.29, 0.717) is 38.4 Å². The Hall–Kier alpha value is -3.90. The monoisotopic (exact) mass is 530 g/mol. The molecule has 0 atom stereocenters. The van der Waals surface area contributed by atoms with Gasteiger partial charge >= 0.3 is 0 Å². The first-order valence-corrected chi connectivity index (χ1v) is 13.1. The molecular weight excluding hydrogens is 507 g/mol. The molecule has 0 radical (unpaired) electrons.